The summed E-state index contributed by atoms with van der Waals surface area (Å²) in [5.41, 5.74) is 3.17. The molecular formula is C18H21ClN2O3S. The third kappa shape index (κ3) is 4.74. The van der Waals surface area contributed by atoms with Crippen molar-refractivity contribution in [1.82, 2.24) is 0 Å². The first kappa shape index (κ1) is 19.3. The average Bonchev–Trinajstić information content (AvgIpc) is 2.51. The molecule has 1 atom stereocenters. The van der Waals surface area contributed by atoms with Crippen LogP contribution in [-0.2, 0) is 14.8 Å². The standard InChI is InChI=1S/C18H21ClN2O3S/c1-12-5-8-16(11-13(12)2)20-18(22)14(3)21(25(4,23)24)17-9-6-15(19)7-10-17/h5-11,14H,1-4H3,(H,20,22)/t14-/m1/s1. The Labute approximate surface area is 153 Å². The van der Waals surface area contributed by atoms with Crippen LogP contribution in [0.3, 0.4) is 0 Å². The molecule has 2 aromatic carbocycles. The van der Waals surface area contributed by atoms with E-state index in [1.54, 1.807) is 37.3 Å². The molecule has 0 radical (unpaired) electrons. The second-order valence-electron chi connectivity index (χ2n) is 6.00. The molecule has 1 N–H and O–H groups in total. The summed E-state index contributed by atoms with van der Waals surface area (Å²) in [5.74, 6) is -0.413. The number of amides is 1. The number of rotatable bonds is 5. The van der Waals surface area contributed by atoms with Crippen molar-refractivity contribution in [1.29, 1.82) is 0 Å². The number of carbonyl (C=O) groups is 1. The van der Waals surface area contributed by atoms with Gasteiger partial charge in [-0.2, -0.15) is 0 Å². The number of anilines is 2. The summed E-state index contributed by atoms with van der Waals surface area (Å²) in [6, 6.07) is 11.0. The lowest BCUT2D eigenvalue weighted by Crippen LogP contribution is -2.45. The Balaban J connectivity index is 2.29. The van der Waals surface area contributed by atoms with Crippen molar-refractivity contribution in [3.8, 4) is 0 Å². The van der Waals surface area contributed by atoms with Gasteiger partial charge in [-0.3, -0.25) is 9.10 Å². The molecule has 0 aliphatic carbocycles. The summed E-state index contributed by atoms with van der Waals surface area (Å²) in [4.78, 5) is 12.6. The van der Waals surface area contributed by atoms with Crippen LogP contribution in [0, 0.1) is 13.8 Å². The zero-order valence-electron chi connectivity index (χ0n) is 14.6. The summed E-state index contributed by atoms with van der Waals surface area (Å²) in [6.45, 7) is 5.48. The van der Waals surface area contributed by atoms with Gasteiger partial charge in [0.25, 0.3) is 0 Å². The van der Waals surface area contributed by atoms with E-state index in [1.807, 2.05) is 26.0 Å². The van der Waals surface area contributed by atoms with Gasteiger partial charge >= 0.3 is 0 Å². The first-order valence-electron chi connectivity index (χ1n) is 7.72. The molecule has 2 rings (SSSR count). The fourth-order valence-corrected chi connectivity index (χ4v) is 3.76. The molecule has 0 fully saturated rings. The Morgan fingerprint density at radius 3 is 2.20 bits per heavy atom. The lowest BCUT2D eigenvalue weighted by atomic mass is 10.1. The maximum atomic E-state index is 12.6. The molecular weight excluding hydrogens is 360 g/mol. The van der Waals surface area contributed by atoms with Gasteiger partial charge in [0.15, 0.2) is 0 Å². The number of aryl methyl sites for hydroxylation is 2. The fraction of sp³-hybridized carbons (Fsp3) is 0.278. The minimum absolute atomic E-state index is 0.384. The topological polar surface area (TPSA) is 66.5 Å². The Kier molecular flexibility index (Phi) is 5.75. The Bertz CT molecular complexity index is 880. The maximum absolute atomic E-state index is 12.6. The van der Waals surface area contributed by atoms with Crippen LogP contribution in [0.4, 0.5) is 11.4 Å². The van der Waals surface area contributed by atoms with Gasteiger partial charge in [0.1, 0.15) is 6.04 Å². The molecule has 25 heavy (non-hydrogen) atoms. The van der Waals surface area contributed by atoms with Crippen molar-refractivity contribution in [3.05, 3.63) is 58.6 Å². The summed E-state index contributed by atoms with van der Waals surface area (Å²) in [6.07, 6.45) is 1.07. The molecule has 5 nitrogen and oxygen atoms in total. The molecule has 0 unspecified atom stereocenters. The zero-order chi connectivity index (χ0) is 18.8. The molecule has 0 aliphatic rings. The van der Waals surface area contributed by atoms with Gasteiger partial charge in [-0.05, 0) is 68.3 Å². The molecule has 0 bridgehead atoms. The largest absolute Gasteiger partial charge is 0.324 e. The maximum Gasteiger partial charge on any atom is 0.247 e. The number of carbonyl (C=O) groups excluding carboxylic acids is 1. The average molecular weight is 381 g/mol. The van der Waals surface area contributed by atoms with E-state index in [0.717, 1.165) is 21.7 Å². The lowest BCUT2D eigenvalue weighted by molar-refractivity contribution is -0.116. The number of halogens is 1. The van der Waals surface area contributed by atoms with E-state index >= 15 is 0 Å². The highest BCUT2D eigenvalue weighted by Crippen LogP contribution is 2.24. The fourth-order valence-electron chi connectivity index (χ4n) is 2.46. The Morgan fingerprint density at radius 1 is 1.08 bits per heavy atom. The van der Waals surface area contributed by atoms with Crippen molar-refractivity contribution in [2.45, 2.75) is 26.8 Å². The smallest absolute Gasteiger partial charge is 0.247 e. The van der Waals surface area contributed by atoms with E-state index in [1.165, 1.54) is 0 Å². The second kappa shape index (κ2) is 7.45. The molecule has 1 amide bonds. The monoisotopic (exact) mass is 380 g/mol. The number of sulfonamides is 1. The van der Waals surface area contributed by atoms with E-state index in [4.69, 9.17) is 11.6 Å². The van der Waals surface area contributed by atoms with Crippen LogP contribution in [-0.4, -0.2) is 26.6 Å². The molecule has 0 aliphatic heterocycles. The normalized spacial score (nSPS) is 12.5. The first-order chi connectivity index (χ1) is 11.6. The van der Waals surface area contributed by atoms with Crippen LogP contribution in [0.2, 0.25) is 5.02 Å². The predicted molar refractivity (Wildman–Crippen MR) is 103 cm³/mol. The van der Waals surface area contributed by atoms with Gasteiger partial charge in [-0.15, -0.1) is 0 Å². The SMILES string of the molecule is Cc1ccc(NC(=O)[C@@H](C)N(c2ccc(Cl)cc2)S(C)(=O)=O)cc1C. The van der Waals surface area contributed by atoms with Gasteiger partial charge in [-0.1, -0.05) is 17.7 Å². The summed E-state index contributed by atoms with van der Waals surface area (Å²) in [7, 11) is -3.65. The zero-order valence-corrected chi connectivity index (χ0v) is 16.1. The molecule has 0 aromatic heterocycles. The van der Waals surface area contributed by atoms with Crippen molar-refractivity contribution in [3.63, 3.8) is 0 Å². The lowest BCUT2D eigenvalue weighted by Gasteiger charge is -2.28. The van der Waals surface area contributed by atoms with Crippen molar-refractivity contribution < 1.29 is 13.2 Å². The number of hydrogen-bond donors (Lipinski definition) is 1. The van der Waals surface area contributed by atoms with E-state index in [2.05, 4.69) is 5.32 Å². The van der Waals surface area contributed by atoms with Gasteiger partial charge < -0.3 is 5.32 Å². The second-order valence-corrected chi connectivity index (χ2v) is 8.30. The molecule has 0 heterocycles. The highest BCUT2D eigenvalue weighted by Gasteiger charge is 2.29. The van der Waals surface area contributed by atoms with E-state index in [9.17, 15) is 13.2 Å². The number of benzene rings is 2. The summed E-state index contributed by atoms with van der Waals surface area (Å²) >= 11 is 5.86. The molecule has 0 spiro atoms. The Morgan fingerprint density at radius 2 is 1.68 bits per heavy atom. The number of hydrogen-bond acceptors (Lipinski definition) is 3. The molecule has 2 aromatic rings. The third-order valence-corrected chi connectivity index (χ3v) is 5.44. The van der Waals surface area contributed by atoms with E-state index in [-0.39, 0.29) is 0 Å². The van der Waals surface area contributed by atoms with Crippen molar-refractivity contribution >= 4 is 38.9 Å². The highest BCUT2D eigenvalue weighted by atomic mass is 35.5. The summed E-state index contributed by atoms with van der Waals surface area (Å²) < 4.78 is 25.5. The van der Waals surface area contributed by atoms with Crippen LogP contribution in [0.15, 0.2) is 42.5 Å². The van der Waals surface area contributed by atoms with E-state index < -0.39 is 22.0 Å². The van der Waals surface area contributed by atoms with Gasteiger partial charge in [0, 0.05) is 10.7 Å². The molecule has 0 saturated carbocycles. The molecule has 0 saturated heterocycles. The minimum Gasteiger partial charge on any atom is -0.324 e. The van der Waals surface area contributed by atoms with Gasteiger partial charge in [0.05, 0.1) is 11.9 Å². The quantitative estimate of drug-likeness (QED) is 0.858. The van der Waals surface area contributed by atoms with Crippen LogP contribution >= 0.6 is 11.6 Å². The van der Waals surface area contributed by atoms with E-state index in [0.29, 0.717) is 16.4 Å². The third-order valence-electron chi connectivity index (χ3n) is 3.94. The van der Waals surface area contributed by atoms with Crippen LogP contribution in [0.5, 0.6) is 0 Å². The molecule has 7 heteroatoms. The van der Waals surface area contributed by atoms with Crippen molar-refractivity contribution in [2.24, 2.45) is 0 Å². The minimum atomic E-state index is -3.65. The van der Waals surface area contributed by atoms with Crippen molar-refractivity contribution in [2.75, 3.05) is 15.9 Å². The van der Waals surface area contributed by atoms with Gasteiger partial charge in [-0.25, -0.2) is 8.42 Å². The van der Waals surface area contributed by atoms with Crippen LogP contribution in [0.1, 0.15) is 18.1 Å². The summed E-state index contributed by atoms with van der Waals surface area (Å²) in [5, 5.41) is 3.26. The van der Waals surface area contributed by atoms with Crippen LogP contribution in [0.25, 0.3) is 0 Å². The number of nitrogens with zero attached hydrogens (tertiary/aromatic N) is 1. The first-order valence-corrected chi connectivity index (χ1v) is 9.95. The Hall–Kier alpha value is -2.05. The highest BCUT2D eigenvalue weighted by molar-refractivity contribution is 7.92. The predicted octanol–water partition coefficient (Wildman–Crippen LogP) is 3.75. The number of nitrogens with one attached hydrogen (secondary N) is 1. The molecule has 134 valence electrons. The van der Waals surface area contributed by atoms with Gasteiger partial charge in [0.2, 0.25) is 15.9 Å². The van der Waals surface area contributed by atoms with Crippen LogP contribution < -0.4 is 9.62 Å².